The summed E-state index contributed by atoms with van der Waals surface area (Å²) in [4.78, 5) is 0. The summed E-state index contributed by atoms with van der Waals surface area (Å²) in [5, 5.41) is 3.44. The van der Waals surface area contributed by atoms with Crippen molar-refractivity contribution in [3.05, 3.63) is 35.1 Å². The van der Waals surface area contributed by atoms with Crippen LogP contribution in [-0.4, -0.2) is 27.8 Å². The van der Waals surface area contributed by atoms with Gasteiger partial charge in [0, 0.05) is 12.6 Å². The van der Waals surface area contributed by atoms with Crippen molar-refractivity contribution in [1.82, 2.24) is 10.0 Å². The third kappa shape index (κ3) is 4.49. The first-order valence-corrected chi connectivity index (χ1v) is 9.23. The zero-order valence-electron chi connectivity index (χ0n) is 12.5. The molecule has 0 aromatic heterocycles. The summed E-state index contributed by atoms with van der Waals surface area (Å²) in [7, 11) is -3.12. The molecule has 118 valence electrons. The lowest BCUT2D eigenvalue weighted by Gasteiger charge is -2.32. The molecule has 0 bridgehead atoms. The van der Waals surface area contributed by atoms with Crippen LogP contribution in [0.2, 0.25) is 0 Å². The molecule has 0 saturated carbocycles. The predicted molar refractivity (Wildman–Crippen MR) is 82.1 cm³/mol. The van der Waals surface area contributed by atoms with Crippen molar-refractivity contribution < 1.29 is 12.8 Å². The Bertz CT molecular complexity index is 589. The molecule has 1 aromatic rings. The molecule has 1 aliphatic rings. The summed E-state index contributed by atoms with van der Waals surface area (Å²) in [5.74, 6) is 0.326. The zero-order valence-corrected chi connectivity index (χ0v) is 13.3. The van der Waals surface area contributed by atoms with E-state index in [2.05, 4.69) is 17.0 Å². The van der Waals surface area contributed by atoms with E-state index in [-0.39, 0.29) is 11.9 Å². The van der Waals surface area contributed by atoms with Crippen LogP contribution in [0.3, 0.4) is 0 Å². The lowest BCUT2D eigenvalue weighted by atomic mass is 9.80. The summed E-state index contributed by atoms with van der Waals surface area (Å²) < 4.78 is 38.3. The Balaban J connectivity index is 1.93. The number of hydrogen-bond acceptors (Lipinski definition) is 3. The van der Waals surface area contributed by atoms with Crippen LogP contribution >= 0.6 is 0 Å². The number of rotatable bonds is 6. The van der Waals surface area contributed by atoms with Crippen molar-refractivity contribution in [2.24, 2.45) is 5.92 Å². The van der Waals surface area contributed by atoms with E-state index in [1.165, 1.54) is 6.07 Å². The Morgan fingerprint density at radius 1 is 1.33 bits per heavy atom. The standard InChI is InChI=1S/C15H23FN2O2S/c1-11-7-8-12-13(5-3-6-14(12)16)15(11)17-9-4-10-18-21(2,19)20/h3,5-6,11,15,17-18H,4,7-10H2,1-2H3/t11-,15+/m0/s1. The van der Waals surface area contributed by atoms with Crippen LogP contribution in [0.15, 0.2) is 18.2 Å². The lowest BCUT2D eigenvalue weighted by molar-refractivity contribution is 0.339. The molecule has 1 aromatic carbocycles. The monoisotopic (exact) mass is 314 g/mol. The summed E-state index contributed by atoms with van der Waals surface area (Å²) in [6.07, 6.45) is 3.62. The molecule has 0 heterocycles. The van der Waals surface area contributed by atoms with Gasteiger partial charge in [0.05, 0.1) is 6.26 Å². The zero-order chi connectivity index (χ0) is 15.5. The van der Waals surface area contributed by atoms with Gasteiger partial charge in [-0.15, -0.1) is 0 Å². The Morgan fingerprint density at radius 3 is 2.81 bits per heavy atom. The summed E-state index contributed by atoms with van der Waals surface area (Å²) >= 11 is 0. The average molecular weight is 314 g/mol. The van der Waals surface area contributed by atoms with E-state index in [1.54, 1.807) is 6.07 Å². The van der Waals surface area contributed by atoms with Crippen molar-refractivity contribution in [1.29, 1.82) is 0 Å². The van der Waals surface area contributed by atoms with Gasteiger partial charge in [0.15, 0.2) is 0 Å². The Hall–Kier alpha value is -0.980. The van der Waals surface area contributed by atoms with E-state index in [4.69, 9.17) is 0 Å². The van der Waals surface area contributed by atoms with Crippen LogP contribution in [0.1, 0.15) is 36.9 Å². The average Bonchev–Trinajstić information content (AvgIpc) is 2.39. The molecule has 2 rings (SSSR count). The van der Waals surface area contributed by atoms with Gasteiger partial charge in [-0.3, -0.25) is 0 Å². The van der Waals surface area contributed by atoms with Gasteiger partial charge in [0.2, 0.25) is 10.0 Å². The first-order chi connectivity index (χ1) is 9.88. The third-order valence-electron chi connectivity index (χ3n) is 3.99. The largest absolute Gasteiger partial charge is 0.310 e. The van der Waals surface area contributed by atoms with Crippen molar-refractivity contribution in [3.63, 3.8) is 0 Å². The minimum absolute atomic E-state index is 0.120. The molecule has 2 N–H and O–H groups in total. The van der Waals surface area contributed by atoms with E-state index < -0.39 is 10.0 Å². The van der Waals surface area contributed by atoms with Gasteiger partial charge in [-0.05, 0) is 48.9 Å². The van der Waals surface area contributed by atoms with Crippen LogP contribution in [0.5, 0.6) is 0 Å². The second-order valence-corrected chi connectivity index (χ2v) is 7.61. The van der Waals surface area contributed by atoms with Gasteiger partial charge in [-0.1, -0.05) is 19.1 Å². The lowest BCUT2D eigenvalue weighted by Crippen LogP contribution is -2.33. The van der Waals surface area contributed by atoms with E-state index >= 15 is 0 Å². The minimum Gasteiger partial charge on any atom is -0.310 e. The number of nitrogens with one attached hydrogen (secondary N) is 2. The maximum absolute atomic E-state index is 13.8. The maximum atomic E-state index is 13.8. The molecule has 0 spiro atoms. The highest BCUT2D eigenvalue weighted by atomic mass is 32.2. The molecule has 4 nitrogen and oxygen atoms in total. The number of fused-ring (bicyclic) bond motifs is 1. The Labute approximate surface area is 126 Å². The van der Waals surface area contributed by atoms with Crippen LogP contribution in [0, 0.1) is 11.7 Å². The first-order valence-electron chi connectivity index (χ1n) is 7.34. The van der Waals surface area contributed by atoms with Crippen LogP contribution in [0.4, 0.5) is 4.39 Å². The van der Waals surface area contributed by atoms with Gasteiger partial charge < -0.3 is 5.32 Å². The minimum atomic E-state index is -3.12. The molecule has 2 atom stereocenters. The molecule has 1 aliphatic carbocycles. The van der Waals surface area contributed by atoms with Crippen LogP contribution in [-0.2, 0) is 16.4 Å². The quantitative estimate of drug-likeness (QED) is 0.789. The first kappa shape index (κ1) is 16.4. The Morgan fingerprint density at radius 2 is 2.10 bits per heavy atom. The maximum Gasteiger partial charge on any atom is 0.208 e. The summed E-state index contributed by atoms with van der Waals surface area (Å²) in [5.41, 5.74) is 1.87. The number of hydrogen-bond donors (Lipinski definition) is 2. The molecule has 0 fully saturated rings. The van der Waals surface area contributed by atoms with Crippen molar-refractivity contribution in [3.8, 4) is 0 Å². The van der Waals surface area contributed by atoms with Gasteiger partial charge in [-0.25, -0.2) is 17.5 Å². The molecule has 6 heteroatoms. The highest BCUT2D eigenvalue weighted by Gasteiger charge is 2.27. The van der Waals surface area contributed by atoms with E-state index in [0.717, 1.165) is 30.2 Å². The molecular weight excluding hydrogens is 291 g/mol. The number of sulfonamides is 1. The van der Waals surface area contributed by atoms with E-state index in [1.807, 2.05) is 6.07 Å². The van der Waals surface area contributed by atoms with Crippen LogP contribution < -0.4 is 10.0 Å². The fourth-order valence-electron chi connectivity index (χ4n) is 2.89. The molecule has 0 saturated heterocycles. The molecule has 0 radical (unpaired) electrons. The second kappa shape index (κ2) is 6.85. The summed E-state index contributed by atoms with van der Waals surface area (Å²) in [6, 6.07) is 5.40. The molecule has 0 unspecified atom stereocenters. The van der Waals surface area contributed by atoms with Gasteiger partial charge in [0.25, 0.3) is 0 Å². The third-order valence-corrected chi connectivity index (χ3v) is 4.72. The fraction of sp³-hybridized carbons (Fsp3) is 0.600. The highest BCUT2D eigenvalue weighted by Crippen LogP contribution is 2.35. The number of halogens is 1. The van der Waals surface area contributed by atoms with Crippen molar-refractivity contribution in [2.45, 2.75) is 32.2 Å². The fourth-order valence-corrected chi connectivity index (χ4v) is 3.41. The molecular formula is C15H23FN2O2S. The van der Waals surface area contributed by atoms with Gasteiger partial charge in [-0.2, -0.15) is 0 Å². The SMILES string of the molecule is C[C@H]1CCc2c(F)cccc2[C@@H]1NCCCNS(C)(=O)=O. The second-order valence-electron chi connectivity index (χ2n) is 5.78. The normalized spacial score (nSPS) is 22.0. The molecule has 0 amide bonds. The molecule has 21 heavy (non-hydrogen) atoms. The summed E-state index contributed by atoms with van der Waals surface area (Å²) in [6.45, 7) is 3.29. The van der Waals surface area contributed by atoms with Crippen molar-refractivity contribution >= 4 is 10.0 Å². The van der Waals surface area contributed by atoms with E-state index in [9.17, 15) is 12.8 Å². The van der Waals surface area contributed by atoms with Crippen molar-refractivity contribution in [2.75, 3.05) is 19.3 Å². The van der Waals surface area contributed by atoms with E-state index in [0.29, 0.717) is 25.4 Å². The van der Waals surface area contributed by atoms with Gasteiger partial charge in [0.1, 0.15) is 5.82 Å². The molecule has 0 aliphatic heterocycles. The number of benzene rings is 1. The predicted octanol–water partition coefficient (Wildman–Crippen LogP) is 1.98. The Kier molecular flexibility index (Phi) is 5.35. The van der Waals surface area contributed by atoms with Gasteiger partial charge >= 0.3 is 0 Å². The topological polar surface area (TPSA) is 58.2 Å². The smallest absolute Gasteiger partial charge is 0.208 e. The van der Waals surface area contributed by atoms with Crippen LogP contribution in [0.25, 0.3) is 0 Å². The highest BCUT2D eigenvalue weighted by molar-refractivity contribution is 7.88.